The second-order valence-corrected chi connectivity index (χ2v) is 8.89. The number of morpholine rings is 1. The van der Waals surface area contributed by atoms with Gasteiger partial charge < -0.3 is 24.8 Å². The number of ether oxygens (including phenoxy) is 3. The van der Waals surface area contributed by atoms with Crippen molar-refractivity contribution in [1.82, 2.24) is 34.8 Å². The average molecular weight is 489 g/mol. The molecule has 13 heteroatoms. The number of carbonyl (C=O) groups is 1. The number of aromatic amines is 1. The van der Waals surface area contributed by atoms with Gasteiger partial charge in [0.2, 0.25) is 5.95 Å². The van der Waals surface area contributed by atoms with Gasteiger partial charge in [0.05, 0.1) is 31.2 Å². The molecule has 5 heterocycles. The third kappa shape index (κ3) is 5.36. The minimum Gasteiger partial charge on any atom is -0.441 e. The van der Waals surface area contributed by atoms with E-state index in [0.717, 1.165) is 44.2 Å². The number of alkyl halides is 1. The highest BCUT2D eigenvalue weighted by atomic mass is 19.1. The summed E-state index contributed by atoms with van der Waals surface area (Å²) in [5, 5.41) is 12.8. The van der Waals surface area contributed by atoms with Gasteiger partial charge in [-0.1, -0.05) is 0 Å². The van der Waals surface area contributed by atoms with E-state index in [4.69, 9.17) is 19.2 Å². The molecule has 188 valence electrons. The fourth-order valence-electron chi connectivity index (χ4n) is 4.13. The van der Waals surface area contributed by atoms with Crippen molar-refractivity contribution in [2.75, 3.05) is 38.2 Å². The molecule has 1 amide bonds. The Balaban J connectivity index is 1.25. The molecule has 3 atom stereocenters. The Morgan fingerprint density at radius 1 is 1.37 bits per heavy atom. The molecular formula is C22H29FN8O4. The van der Waals surface area contributed by atoms with Crippen LogP contribution < -0.4 is 10.6 Å². The predicted octanol–water partition coefficient (Wildman–Crippen LogP) is 1.94. The Kier molecular flexibility index (Phi) is 6.79. The lowest BCUT2D eigenvalue weighted by Crippen LogP contribution is -2.36. The average Bonchev–Trinajstić information content (AvgIpc) is 3.54. The van der Waals surface area contributed by atoms with E-state index in [0.29, 0.717) is 17.5 Å². The summed E-state index contributed by atoms with van der Waals surface area (Å²) in [6, 6.07) is 3.38. The molecule has 0 spiro atoms. The standard InChI is InChI=1S/C22H29FN8O4/c1-13(2)25-22(32)35-16-12-34-20(19(16)23)15-9-17(29-28-15)27-21-24-4-3-18-26-14(11-31(18)21)10-30-5-7-33-8-6-30/h3-4,9,11,13,16,19-20H,5-8,10,12H2,1-2H3,(H,25,32)(H2,24,27,28,29)/t16-,19-,20-/m0/s1. The van der Waals surface area contributed by atoms with Crippen molar-refractivity contribution in [3.8, 4) is 0 Å². The molecular weight excluding hydrogens is 459 g/mol. The van der Waals surface area contributed by atoms with Crippen LogP contribution in [0.15, 0.2) is 24.5 Å². The zero-order valence-corrected chi connectivity index (χ0v) is 19.6. The quantitative estimate of drug-likeness (QED) is 0.457. The Morgan fingerprint density at radius 2 is 2.20 bits per heavy atom. The van der Waals surface area contributed by atoms with Crippen molar-refractivity contribution >= 4 is 23.5 Å². The SMILES string of the molecule is CC(C)NC(=O)O[C@H]1CO[C@@H](c2cc(Nc3nccc4nc(CN5CCOCC5)cn34)n[nH]2)[C@H]1F. The second kappa shape index (κ2) is 10.1. The third-order valence-corrected chi connectivity index (χ3v) is 5.81. The monoisotopic (exact) mass is 488 g/mol. The fourth-order valence-corrected chi connectivity index (χ4v) is 4.13. The molecule has 12 nitrogen and oxygen atoms in total. The molecule has 2 saturated heterocycles. The van der Waals surface area contributed by atoms with Crippen molar-refractivity contribution in [2.24, 2.45) is 0 Å². The number of fused-ring (bicyclic) bond motifs is 1. The fraction of sp³-hybridized carbons (Fsp3) is 0.545. The maximum atomic E-state index is 14.9. The molecule has 2 aliphatic rings. The number of hydrogen-bond donors (Lipinski definition) is 3. The number of hydrogen-bond acceptors (Lipinski definition) is 9. The lowest BCUT2D eigenvalue weighted by molar-refractivity contribution is 0.0337. The summed E-state index contributed by atoms with van der Waals surface area (Å²) in [5.74, 6) is 0.970. The number of rotatable bonds is 7. The van der Waals surface area contributed by atoms with Crippen LogP contribution in [0.5, 0.6) is 0 Å². The summed E-state index contributed by atoms with van der Waals surface area (Å²) in [5.41, 5.74) is 2.11. The van der Waals surface area contributed by atoms with Crippen LogP contribution in [0.1, 0.15) is 31.3 Å². The van der Waals surface area contributed by atoms with E-state index in [2.05, 4.69) is 30.7 Å². The summed E-state index contributed by atoms with van der Waals surface area (Å²) >= 11 is 0. The van der Waals surface area contributed by atoms with Gasteiger partial charge in [-0.05, 0) is 19.9 Å². The lowest BCUT2D eigenvalue weighted by Gasteiger charge is -2.25. The van der Waals surface area contributed by atoms with Gasteiger partial charge in [-0.25, -0.2) is 19.2 Å². The van der Waals surface area contributed by atoms with Gasteiger partial charge in [0, 0.05) is 44.1 Å². The molecule has 0 bridgehead atoms. The van der Waals surface area contributed by atoms with Crippen LogP contribution in [0.4, 0.5) is 21.0 Å². The van der Waals surface area contributed by atoms with E-state index in [9.17, 15) is 9.18 Å². The largest absolute Gasteiger partial charge is 0.441 e. The van der Waals surface area contributed by atoms with E-state index < -0.39 is 24.5 Å². The first-order chi connectivity index (χ1) is 17.0. The highest BCUT2D eigenvalue weighted by Crippen LogP contribution is 2.33. The van der Waals surface area contributed by atoms with Crippen LogP contribution in [0, 0.1) is 0 Å². The van der Waals surface area contributed by atoms with Gasteiger partial charge in [-0.2, -0.15) is 5.10 Å². The van der Waals surface area contributed by atoms with Crippen LogP contribution in [0.25, 0.3) is 5.65 Å². The molecule has 35 heavy (non-hydrogen) atoms. The first-order valence-corrected chi connectivity index (χ1v) is 11.6. The summed E-state index contributed by atoms with van der Waals surface area (Å²) in [6.07, 6.45) is -0.513. The lowest BCUT2D eigenvalue weighted by atomic mass is 10.1. The van der Waals surface area contributed by atoms with Gasteiger partial charge in [-0.15, -0.1) is 0 Å². The minimum absolute atomic E-state index is 0.0407. The van der Waals surface area contributed by atoms with E-state index in [1.165, 1.54) is 0 Å². The van der Waals surface area contributed by atoms with Crippen molar-refractivity contribution in [1.29, 1.82) is 0 Å². The molecule has 0 radical (unpaired) electrons. The van der Waals surface area contributed by atoms with Crippen LogP contribution in [-0.2, 0) is 20.8 Å². The highest BCUT2D eigenvalue weighted by Gasteiger charge is 2.42. The van der Waals surface area contributed by atoms with Crippen molar-refractivity contribution < 1.29 is 23.4 Å². The summed E-state index contributed by atoms with van der Waals surface area (Å²) < 4.78 is 32.9. The van der Waals surface area contributed by atoms with Crippen LogP contribution in [-0.4, -0.2) is 86.8 Å². The van der Waals surface area contributed by atoms with Crippen LogP contribution in [0.3, 0.4) is 0 Å². The first kappa shape index (κ1) is 23.5. The maximum absolute atomic E-state index is 14.9. The number of anilines is 2. The smallest absolute Gasteiger partial charge is 0.407 e. The van der Waals surface area contributed by atoms with E-state index >= 15 is 0 Å². The third-order valence-electron chi connectivity index (χ3n) is 5.81. The second-order valence-electron chi connectivity index (χ2n) is 8.89. The summed E-state index contributed by atoms with van der Waals surface area (Å²) in [4.78, 5) is 23.2. The number of carbonyl (C=O) groups excluding carboxylic acids is 1. The molecule has 2 fully saturated rings. The van der Waals surface area contributed by atoms with Crippen molar-refractivity contribution in [3.63, 3.8) is 0 Å². The zero-order valence-electron chi connectivity index (χ0n) is 19.6. The van der Waals surface area contributed by atoms with Gasteiger partial charge in [-0.3, -0.25) is 14.4 Å². The number of halogens is 1. The number of alkyl carbamates (subject to hydrolysis) is 1. The Morgan fingerprint density at radius 3 is 3.00 bits per heavy atom. The minimum atomic E-state index is -1.53. The van der Waals surface area contributed by atoms with Crippen molar-refractivity contribution in [3.05, 3.63) is 35.9 Å². The van der Waals surface area contributed by atoms with Gasteiger partial charge >= 0.3 is 6.09 Å². The molecule has 3 aromatic heterocycles. The number of aromatic nitrogens is 5. The molecule has 0 aliphatic carbocycles. The maximum Gasteiger partial charge on any atom is 0.407 e. The van der Waals surface area contributed by atoms with Gasteiger partial charge in [0.15, 0.2) is 18.1 Å². The van der Waals surface area contributed by atoms with Crippen LogP contribution >= 0.6 is 0 Å². The molecule has 3 aromatic rings. The number of nitrogens with zero attached hydrogens (tertiary/aromatic N) is 5. The molecule has 0 aromatic carbocycles. The number of imidazole rings is 1. The van der Waals surface area contributed by atoms with Gasteiger partial charge in [0.25, 0.3) is 0 Å². The van der Waals surface area contributed by atoms with Gasteiger partial charge in [0.1, 0.15) is 11.8 Å². The molecule has 3 N–H and O–H groups in total. The van der Waals surface area contributed by atoms with E-state index in [1.54, 1.807) is 26.1 Å². The number of H-pyrrole nitrogens is 1. The molecule has 0 saturated carbocycles. The van der Waals surface area contributed by atoms with E-state index in [-0.39, 0.29) is 12.6 Å². The Labute approximate surface area is 201 Å². The number of nitrogens with one attached hydrogen (secondary N) is 3. The summed E-state index contributed by atoms with van der Waals surface area (Å²) in [7, 11) is 0. The van der Waals surface area contributed by atoms with Crippen LogP contribution in [0.2, 0.25) is 0 Å². The molecule has 2 aliphatic heterocycles. The Hall–Kier alpha value is -3.29. The Bertz CT molecular complexity index is 1160. The molecule has 5 rings (SSSR count). The predicted molar refractivity (Wildman–Crippen MR) is 123 cm³/mol. The first-order valence-electron chi connectivity index (χ1n) is 11.6. The summed E-state index contributed by atoms with van der Waals surface area (Å²) in [6.45, 7) is 7.49. The normalized spacial score (nSPS) is 23.1. The van der Waals surface area contributed by atoms with Crippen molar-refractivity contribution in [2.45, 2.75) is 44.8 Å². The van der Waals surface area contributed by atoms with E-state index in [1.807, 2.05) is 16.7 Å². The number of amides is 1. The zero-order chi connectivity index (χ0) is 24.4. The topological polar surface area (TPSA) is 131 Å². The molecule has 0 unspecified atom stereocenters. The highest BCUT2D eigenvalue weighted by molar-refractivity contribution is 5.67.